The number of thioether (sulfide) groups is 1. The van der Waals surface area contributed by atoms with Gasteiger partial charge in [-0.25, -0.2) is 4.98 Å². The first-order valence-corrected chi connectivity index (χ1v) is 10.4. The van der Waals surface area contributed by atoms with Gasteiger partial charge in [0.05, 0.1) is 18.4 Å². The topological polar surface area (TPSA) is 81.4 Å². The molecule has 0 aliphatic rings. The van der Waals surface area contributed by atoms with E-state index in [0.29, 0.717) is 27.9 Å². The number of hydrogen-bond acceptors (Lipinski definition) is 6. The van der Waals surface area contributed by atoms with Crippen molar-refractivity contribution in [2.24, 2.45) is 0 Å². The van der Waals surface area contributed by atoms with Gasteiger partial charge in [0.25, 0.3) is 11.7 Å². The summed E-state index contributed by atoms with van der Waals surface area (Å²) in [6.45, 7) is 3.91. The lowest BCUT2D eigenvalue weighted by molar-refractivity contribution is 0.102. The normalized spacial score (nSPS) is 10.9. The van der Waals surface area contributed by atoms with Crippen molar-refractivity contribution in [3.05, 3.63) is 77.1 Å². The van der Waals surface area contributed by atoms with Crippen molar-refractivity contribution < 1.29 is 9.53 Å². The Kier molecular flexibility index (Phi) is 5.67. The molecule has 0 atom stereocenters. The number of nitrogens with one attached hydrogen (secondary N) is 1. The van der Waals surface area contributed by atoms with Crippen LogP contribution in [0.4, 0.5) is 5.69 Å². The summed E-state index contributed by atoms with van der Waals surface area (Å²) in [6.07, 6.45) is 1.53. The van der Waals surface area contributed by atoms with Crippen LogP contribution in [0.1, 0.15) is 27.2 Å². The molecule has 30 heavy (non-hydrogen) atoms. The number of ether oxygens (including phenoxy) is 1. The third-order valence-electron chi connectivity index (χ3n) is 4.63. The highest BCUT2D eigenvalue weighted by molar-refractivity contribution is 7.98. The van der Waals surface area contributed by atoms with Crippen LogP contribution < -0.4 is 10.1 Å². The Labute approximate surface area is 178 Å². The maximum absolute atomic E-state index is 12.7. The Bertz CT molecular complexity index is 1200. The van der Waals surface area contributed by atoms with Gasteiger partial charge < -0.3 is 10.1 Å². The van der Waals surface area contributed by atoms with Crippen LogP contribution in [0.2, 0.25) is 0 Å². The largest absolute Gasteiger partial charge is 0.497 e. The predicted molar refractivity (Wildman–Crippen MR) is 117 cm³/mol. The fourth-order valence-corrected chi connectivity index (χ4v) is 3.79. The second kappa shape index (κ2) is 8.54. The molecule has 7 nitrogen and oxygen atoms in total. The number of nitrogens with zero attached hydrogens (tertiary/aromatic N) is 4. The van der Waals surface area contributed by atoms with E-state index in [1.54, 1.807) is 47.7 Å². The standard InChI is InChI=1S/C22H21N5O2S/c1-14-5-4-6-16(11-14)13-30-22-25-21-23-12-19(15(2)27(21)26-22)20(28)24-17-7-9-18(29-3)10-8-17/h4-12H,13H2,1-3H3,(H,24,28). The number of rotatable bonds is 6. The number of benzene rings is 2. The van der Waals surface area contributed by atoms with Gasteiger partial charge in [0.2, 0.25) is 5.16 Å². The van der Waals surface area contributed by atoms with Crippen molar-refractivity contribution in [3.63, 3.8) is 0 Å². The molecule has 4 aromatic rings. The number of methoxy groups -OCH3 is 1. The second-order valence-electron chi connectivity index (χ2n) is 6.82. The zero-order valence-corrected chi connectivity index (χ0v) is 17.7. The fourth-order valence-electron chi connectivity index (χ4n) is 3.03. The molecular formula is C22H21N5O2S. The average Bonchev–Trinajstić information content (AvgIpc) is 3.17. The van der Waals surface area contributed by atoms with Crippen LogP contribution in [-0.2, 0) is 5.75 Å². The van der Waals surface area contributed by atoms with E-state index in [1.807, 2.05) is 13.0 Å². The summed E-state index contributed by atoms with van der Waals surface area (Å²) >= 11 is 1.54. The number of carbonyl (C=O) groups is 1. The molecule has 0 fully saturated rings. The minimum Gasteiger partial charge on any atom is -0.497 e. The fraction of sp³-hybridized carbons (Fsp3) is 0.182. The Morgan fingerprint density at radius 2 is 1.97 bits per heavy atom. The third kappa shape index (κ3) is 4.28. The zero-order valence-electron chi connectivity index (χ0n) is 16.9. The molecule has 0 unspecified atom stereocenters. The van der Waals surface area contributed by atoms with Gasteiger partial charge in [0, 0.05) is 17.6 Å². The van der Waals surface area contributed by atoms with Crippen molar-refractivity contribution in [1.29, 1.82) is 0 Å². The van der Waals surface area contributed by atoms with Crippen LogP contribution in [0.15, 0.2) is 59.9 Å². The van der Waals surface area contributed by atoms with Gasteiger partial charge >= 0.3 is 0 Å². The van der Waals surface area contributed by atoms with Crippen LogP contribution in [0.25, 0.3) is 5.78 Å². The summed E-state index contributed by atoms with van der Waals surface area (Å²) in [7, 11) is 1.60. The van der Waals surface area contributed by atoms with Gasteiger partial charge in [-0.15, -0.1) is 5.10 Å². The molecule has 0 saturated carbocycles. The molecule has 1 N–H and O–H groups in total. The maximum atomic E-state index is 12.7. The van der Waals surface area contributed by atoms with Crippen LogP contribution in [0.5, 0.6) is 5.75 Å². The van der Waals surface area contributed by atoms with Crippen LogP contribution in [0.3, 0.4) is 0 Å². The molecule has 0 bridgehead atoms. The zero-order chi connectivity index (χ0) is 21.1. The van der Waals surface area contributed by atoms with Crippen molar-refractivity contribution in [1.82, 2.24) is 19.6 Å². The van der Waals surface area contributed by atoms with Gasteiger partial charge in [-0.3, -0.25) is 4.79 Å². The number of carbonyl (C=O) groups excluding carboxylic acids is 1. The van der Waals surface area contributed by atoms with Gasteiger partial charge in [-0.1, -0.05) is 41.6 Å². The smallest absolute Gasteiger partial charge is 0.259 e. The maximum Gasteiger partial charge on any atom is 0.259 e. The molecule has 0 radical (unpaired) electrons. The minimum absolute atomic E-state index is 0.253. The van der Waals surface area contributed by atoms with E-state index in [-0.39, 0.29) is 5.91 Å². The molecular weight excluding hydrogens is 398 g/mol. The highest BCUT2D eigenvalue weighted by Gasteiger charge is 2.16. The molecule has 2 aromatic heterocycles. The van der Waals surface area contributed by atoms with Crippen LogP contribution in [-0.4, -0.2) is 32.6 Å². The number of aryl methyl sites for hydroxylation is 2. The van der Waals surface area contributed by atoms with Crippen LogP contribution >= 0.6 is 11.8 Å². The molecule has 0 aliphatic heterocycles. The first-order chi connectivity index (χ1) is 14.5. The number of aromatic nitrogens is 4. The lowest BCUT2D eigenvalue weighted by atomic mass is 10.2. The molecule has 2 heterocycles. The van der Waals surface area contributed by atoms with Crippen molar-refractivity contribution in [2.45, 2.75) is 24.8 Å². The van der Waals surface area contributed by atoms with Gasteiger partial charge in [-0.2, -0.15) is 9.50 Å². The van der Waals surface area contributed by atoms with E-state index in [0.717, 1.165) is 11.5 Å². The van der Waals surface area contributed by atoms with Crippen molar-refractivity contribution >= 4 is 29.1 Å². The molecule has 1 amide bonds. The lowest BCUT2D eigenvalue weighted by Gasteiger charge is -2.08. The van der Waals surface area contributed by atoms with Gasteiger partial charge in [0.1, 0.15) is 5.75 Å². The summed E-state index contributed by atoms with van der Waals surface area (Å²) < 4.78 is 6.75. The van der Waals surface area contributed by atoms with E-state index in [1.165, 1.54) is 17.3 Å². The van der Waals surface area contributed by atoms with Gasteiger partial charge in [-0.05, 0) is 43.7 Å². The Hall–Kier alpha value is -3.39. The summed E-state index contributed by atoms with van der Waals surface area (Å²) in [5.74, 6) is 1.71. The summed E-state index contributed by atoms with van der Waals surface area (Å²) in [5.41, 5.74) is 4.23. The van der Waals surface area contributed by atoms with E-state index in [9.17, 15) is 4.79 Å². The first-order valence-electron chi connectivity index (χ1n) is 9.39. The van der Waals surface area contributed by atoms with Crippen molar-refractivity contribution in [2.75, 3.05) is 12.4 Å². The van der Waals surface area contributed by atoms with Crippen LogP contribution in [0, 0.1) is 13.8 Å². The monoisotopic (exact) mass is 419 g/mol. The summed E-state index contributed by atoms with van der Waals surface area (Å²) in [5, 5.41) is 8.03. The SMILES string of the molecule is COc1ccc(NC(=O)c2cnc3nc(SCc4cccc(C)c4)nn3c2C)cc1. The lowest BCUT2D eigenvalue weighted by Crippen LogP contribution is -2.16. The van der Waals surface area contributed by atoms with E-state index >= 15 is 0 Å². The third-order valence-corrected chi connectivity index (χ3v) is 5.54. The highest BCUT2D eigenvalue weighted by Crippen LogP contribution is 2.22. The summed E-state index contributed by atoms with van der Waals surface area (Å²) in [6, 6.07) is 15.5. The first kappa shape index (κ1) is 19.9. The van der Waals surface area contributed by atoms with Crippen molar-refractivity contribution in [3.8, 4) is 5.75 Å². The van der Waals surface area contributed by atoms with E-state index < -0.39 is 0 Å². The molecule has 4 rings (SSSR count). The molecule has 152 valence electrons. The Balaban J connectivity index is 1.52. The summed E-state index contributed by atoms with van der Waals surface area (Å²) in [4.78, 5) is 21.5. The highest BCUT2D eigenvalue weighted by atomic mass is 32.2. The van der Waals surface area contributed by atoms with Gasteiger partial charge in [0.15, 0.2) is 0 Å². The van der Waals surface area contributed by atoms with E-state index in [4.69, 9.17) is 4.74 Å². The average molecular weight is 420 g/mol. The molecule has 0 spiro atoms. The van der Waals surface area contributed by atoms with E-state index in [2.05, 4.69) is 45.5 Å². The predicted octanol–water partition coefficient (Wildman–Crippen LogP) is 4.29. The minimum atomic E-state index is -0.253. The molecule has 0 saturated heterocycles. The number of amides is 1. The second-order valence-corrected chi connectivity index (χ2v) is 7.77. The Morgan fingerprint density at radius 1 is 1.17 bits per heavy atom. The molecule has 8 heteroatoms. The Morgan fingerprint density at radius 3 is 2.70 bits per heavy atom. The molecule has 0 aliphatic carbocycles. The number of anilines is 1. The number of hydrogen-bond donors (Lipinski definition) is 1. The number of fused-ring (bicyclic) bond motifs is 1. The quantitative estimate of drug-likeness (QED) is 0.470. The molecule has 2 aromatic carbocycles.